The summed E-state index contributed by atoms with van der Waals surface area (Å²) in [7, 11) is 0. The van der Waals surface area contributed by atoms with E-state index in [0.717, 1.165) is 18.9 Å². The zero-order valence-electron chi connectivity index (χ0n) is 9.41. The Balaban J connectivity index is 0.00000112. The van der Waals surface area contributed by atoms with Crippen molar-refractivity contribution in [2.75, 3.05) is 26.2 Å². The van der Waals surface area contributed by atoms with Crippen LogP contribution in [0.4, 0.5) is 0 Å². The molecule has 2 rings (SSSR count). The van der Waals surface area contributed by atoms with E-state index in [1.54, 1.807) is 0 Å². The molecule has 1 heterocycles. The van der Waals surface area contributed by atoms with Crippen molar-refractivity contribution in [3.8, 4) is 5.75 Å². The number of hydrogen-bond donors (Lipinski definition) is 0. The van der Waals surface area contributed by atoms with E-state index >= 15 is 0 Å². The standard InChI is InChI=1S/C12H16NO.Li/c1-2-6-12(7-3-1)14-11-10-13-8-4-5-9-13;/h2-3,6-7H,4-5,8-11H2;/q-1;+1. The summed E-state index contributed by atoms with van der Waals surface area (Å²) in [5.41, 5.74) is 0. The SMILES string of the molecule is [Li+].[c-]1ccc(OCCN2CCCC2)cc1. The minimum absolute atomic E-state index is 0. The van der Waals surface area contributed by atoms with Gasteiger partial charge in [-0.15, -0.1) is 12.1 Å². The Bertz CT molecular complexity index is 260. The number of likely N-dealkylation sites (tertiary alicyclic amines) is 1. The molecule has 0 saturated carbocycles. The smallest absolute Gasteiger partial charge is 0.518 e. The molecule has 0 unspecified atom stereocenters. The third-order valence-electron chi connectivity index (χ3n) is 2.56. The monoisotopic (exact) mass is 197 g/mol. The second kappa shape index (κ2) is 6.95. The Morgan fingerprint density at radius 3 is 2.53 bits per heavy atom. The van der Waals surface area contributed by atoms with Gasteiger partial charge >= 0.3 is 18.9 Å². The van der Waals surface area contributed by atoms with Crippen LogP contribution < -0.4 is 23.6 Å². The van der Waals surface area contributed by atoms with Gasteiger partial charge in [-0.2, -0.15) is 18.2 Å². The summed E-state index contributed by atoms with van der Waals surface area (Å²) in [6.07, 6.45) is 2.70. The molecule has 0 N–H and O–H groups in total. The van der Waals surface area contributed by atoms with E-state index in [2.05, 4.69) is 11.0 Å². The fraction of sp³-hybridized carbons (Fsp3) is 0.500. The van der Waals surface area contributed by atoms with Crippen molar-refractivity contribution in [3.63, 3.8) is 0 Å². The minimum Gasteiger partial charge on any atom is -0.518 e. The van der Waals surface area contributed by atoms with Crippen LogP contribution in [-0.2, 0) is 0 Å². The van der Waals surface area contributed by atoms with Crippen molar-refractivity contribution in [2.24, 2.45) is 0 Å². The molecule has 1 saturated heterocycles. The van der Waals surface area contributed by atoms with Crippen molar-refractivity contribution in [3.05, 3.63) is 30.3 Å². The van der Waals surface area contributed by atoms with Crippen LogP contribution in [0.2, 0.25) is 0 Å². The molecule has 1 fully saturated rings. The summed E-state index contributed by atoms with van der Waals surface area (Å²) < 4.78 is 5.61. The van der Waals surface area contributed by atoms with Gasteiger partial charge in [0.05, 0.1) is 6.61 Å². The molecule has 0 spiro atoms. The number of nitrogens with zero attached hydrogens (tertiary/aromatic N) is 1. The van der Waals surface area contributed by atoms with Crippen molar-refractivity contribution >= 4 is 0 Å². The molecule has 76 valence electrons. The molecule has 0 atom stereocenters. The average molecular weight is 197 g/mol. The van der Waals surface area contributed by atoms with Crippen LogP contribution in [0, 0.1) is 6.07 Å². The second-order valence-electron chi connectivity index (χ2n) is 3.63. The molecule has 1 aliphatic rings. The predicted octanol–water partition coefficient (Wildman–Crippen LogP) is -1.03. The Kier molecular flexibility index (Phi) is 5.86. The first-order valence-electron chi connectivity index (χ1n) is 5.26. The van der Waals surface area contributed by atoms with Gasteiger partial charge in [-0.05, 0) is 25.9 Å². The second-order valence-corrected chi connectivity index (χ2v) is 3.63. The maximum Gasteiger partial charge on any atom is 1.00 e. The third kappa shape index (κ3) is 4.30. The Hall–Kier alpha value is -0.423. The van der Waals surface area contributed by atoms with E-state index in [0.29, 0.717) is 0 Å². The van der Waals surface area contributed by atoms with Crippen molar-refractivity contribution in [1.29, 1.82) is 0 Å². The fourth-order valence-electron chi connectivity index (χ4n) is 1.77. The van der Waals surface area contributed by atoms with E-state index < -0.39 is 0 Å². The zero-order valence-corrected chi connectivity index (χ0v) is 9.41. The molecule has 0 bridgehead atoms. The van der Waals surface area contributed by atoms with Crippen LogP contribution >= 0.6 is 0 Å². The molecule has 15 heavy (non-hydrogen) atoms. The van der Waals surface area contributed by atoms with Crippen LogP contribution in [0.3, 0.4) is 0 Å². The van der Waals surface area contributed by atoms with E-state index in [-0.39, 0.29) is 18.9 Å². The summed E-state index contributed by atoms with van der Waals surface area (Å²) in [5.74, 6) is 0.947. The zero-order chi connectivity index (χ0) is 9.64. The molecule has 0 radical (unpaired) electrons. The van der Waals surface area contributed by atoms with Gasteiger partial charge in [-0.3, -0.25) is 4.90 Å². The first-order chi connectivity index (χ1) is 6.95. The van der Waals surface area contributed by atoms with E-state index in [1.807, 2.05) is 24.3 Å². The van der Waals surface area contributed by atoms with E-state index in [4.69, 9.17) is 4.74 Å². The van der Waals surface area contributed by atoms with Crippen molar-refractivity contribution < 1.29 is 23.6 Å². The van der Waals surface area contributed by atoms with Crippen LogP contribution in [0.1, 0.15) is 12.8 Å². The van der Waals surface area contributed by atoms with Gasteiger partial charge in [0.25, 0.3) is 0 Å². The molecule has 1 aromatic rings. The van der Waals surface area contributed by atoms with Crippen LogP contribution in [0.5, 0.6) is 5.75 Å². The molecule has 0 aliphatic carbocycles. The first-order valence-corrected chi connectivity index (χ1v) is 5.26. The first kappa shape index (κ1) is 12.6. The Labute approximate surface area is 104 Å². The molecular weight excluding hydrogens is 181 g/mol. The van der Waals surface area contributed by atoms with Gasteiger partial charge in [-0.1, -0.05) is 0 Å². The van der Waals surface area contributed by atoms with Gasteiger partial charge in [0.1, 0.15) is 0 Å². The van der Waals surface area contributed by atoms with Crippen molar-refractivity contribution in [2.45, 2.75) is 12.8 Å². The Morgan fingerprint density at radius 2 is 1.87 bits per heavy atom. The van der Waals surface area contributed by atoms with Crippen LogP contribution in [0.15, 0.2) is 24.3 Å². The minimum atomic E-state index is 0. The Morgan fingerprint density at radius 1 is 1.20 bits per heavy atom. The molecular formula is C12H16LiNO. The molecule has 1 aromatic carbocycles. The maximum absolute atomic E-state index is 5.61. The van der Waals surface area contributed by atoms with E-state index in [9.17, 15) is 0 Å². The molecule has 0 aromatic heterocycles. The summed E-state index contributed by atoms with van der Waals surface area (Å²) in [5, 5.41) is 0. The van der Waals surface area contributed by atoms with Gasteiger partial charge in [0.15, 0.2) is 0 Å². The van der Waals surface area contributed by atoms with Crippen LogP contribution in [-0.4, -0.2) is 31.1 Å². The normalized spacial score (nSPS) is 16.0. The van der Waals surface area contributed by atoms with Gasteiger partial charge < -0.3 is 4.74 Å². The topological polar surface area (TPSA) is 12.5 Å². The number of hydrogen-bond acceptors (Lipinski definition) is 2. The molecule has 0 amide bonds. The molecule has 3 heteroatoms. The maximum atomic E-state index is 5.61. The third-order valence-corrected chi connectivity index (χ3v) is 2.56. The molecule has 2 nitrogen and oxygen atoms in total. The average Bonchev–Trinajstić information content (AvgIpc) is 2.72. The number of benzene rings is 1. The number of ether oxygens (including phenoxy) is 1. The summed E-state index contributed by atoms with van der Waals surface area (Å²) >= 11 is 0. The van der Waals surface area contributed by atoms with Gasteiger partial charge in [-0.25, -0.2) is 0 Å². The molecule has 1 aliphatic heterocycles. The number of rotatable bonds is 4. The van der Waals surface area contributed by atoms with E-state index in [1.165, 1.54) is 25.9 Å². The largest absolute Gasteiger partial charge is 1.00 e. The van der Waals surface area contributed by atoms with Crippen LogP contribution in [0.25, 0.3) is 0 Å². The quantitative estimate of drug-likeness (QED) is 0.452. The van der Waals surface area contributed by atoms with Crippen molar-refractivity contribution in [1.82, 2.24) is 4.90 Å². The summed E-state index contributed by atoms with van der Waals surface area (Å²) in [6, 6.07) is 10.6. The summed E-state index contributed by atoms with van der Waals surface area (Å²) in [4.78, 5) is 2.45. The predicted molar refractivity (Wildman–Crippen MR) is 56.4 cm³/mol. The van der Waals surface area contributed by atoms with Gasteiger partial charge in [0, 0.05) is 12.3 Å². The fourth-order valence-corrected chi connectivity index (χ4v) is 1.77. The van der Waals surface area contributed by atoms with Gasteiger partial charge in [0.2, 0.25) is 0 Å². The summed E-state index contributed by atoms with van der Waals surface area (Å²) in [6.45, 7) is 4.33.